The Morgan fingerprint density at radius 2 is 1.48 bits per heavy atom. The van der Waals surface area contributed by atoms with E-state index in [0.717, 1.165) is 5.56 Å². The van der Waals surface area contributed by atoms with Crippen LogP contribution in [0.25, 0.3) is 0 Å². The number of ketones is 2. The number of Topliss-reactive ketones (excluding diaryl/α,β-unsaturated/α-hetero) is 2. The molecule has 0 radical (unpaired) electrons. The lowest BCUT2D eigenvalue weighted by molar-refractivity contribution is -0.221. The lowest BCUT2D eigenvalue weighted by Gasteiger charge is -2.40. The Hall–Kier alpha value is -2.82. The summed E-state index contributed by atoms with van der Waals surface area (Å²) in [5.74, 6) is -2.43. The van der Waals surface area contributed by atoms with Crippen molar-refractivity contribution >= 4 is 11.6 Å². The molecular weight excluding hydrogens is 364 g/mol. The third-order valence-electron chi connectivity index (χ3n) is 4.92. The third kappa shape index (κ3) is 4.44. The van der Waals surface area contributed by atoms with Crippen LogP contribution in [0.1, 0.15) is 29.8 Å². The predicted octanol–water partition coefficient (Wildman–Crippen LogP) is 4.56. The van der Waals surface area contributed by atoms with Crippen molar-refractivity contribution in [2.75, 3.05) is 13.2 Å². The molecule has 0 bridgehead atoms. The van der Waals surface area contributed by atoms with Crippen LogP contribution in [0.15, 0.2) is 84.5 Å². The van der Waals surface area contributed by atoms with Crippen LogP contribution in [-0.4, -0.2) is 30.6 Å². The number of allylic oxidation sites excluding steroid dienone is 2. The molecule has 0 fully saturated rings. The van der Waals surface area contributed by atoms with Crippen LogP contribution in [-0.2, 0) is 20.7 Å². The molecule has 0 saturated heterocycles. The fourth-order valence-electron chi connectivity index (χ4n) is 3.68. The van der Waals surface area contributed by atoms with Crippen molar-refractivity contribution in [3.63, 3.8) is 0 Å². The van der Waals surface area contributed by atoms with E-state index in [1.807, 2.05) is 62.4 Å². The van der Waals surface area contributed by atoms with E-state index in [1.54, 1.807) is 30.4 Å². The molecule has 2 aromatic carbocycles. The van der Waals surface area contributed by atoms with Gasteiger partial charge >= 0.3 is 0 Å². The summed E-state index contributed by atoms with van der Waals surface area (Å²) in [4.78, 5) is 26.6. The van der Waals surface area contributed by atoms with E-state index in [9.17, 15) is 9.59 Å². The number of hydrogen-bond acceptors (Lipinski definition) is 4. The number of benzene rings is 2. The van der Waals surface area contributed by atoms with Gasteiger partial charge in [0, 0.05) is 25.2 Å². The zero-order valence-corrected chi connectivity index (χ0v) is 16.8. The topological polar surface area (TPSA) is 52.6 Å². The number of carbonyl (C=O) groups is 2. The first-order valence-corrected chi connectivity index (χ1v) is 9.95. The largest absolute Gasteiger partial charge is 0.345 e. The summed E-state index contributed by atoms with van der Waals surface area (Å²) in [7, 11) is 0. The Bertz CT molecular complexity index is 891. The van der Waals surface area contributed by atoms with Gasteiger partial charge in [0.1, 0.15) is 0 Å². The monoisotopic (exact) mass is 390 g/mol. The van der Waals surface area contributed by atoms with Crippen LogP contribution in [0.2, 0.25) is 0 Å². The van der Waals surface area contributed by atoms with Gasteiger partial charge in [-0.1, -0.05) is 78.9 Å². The van der Waals surface area contributed by atoms with Crippen LogP contribution in [0.5, 0.6) is 0 Å². The molecule has 1 aliphatic rings. The Kier molecular flexibility index (Phi) is 6.91. The van der Waals surface area contributed by atoms with Crippen molar-refractivity contribution < 1.29 is 19.1 Å². The average molecular weight is 390 g/mol. The zero-order chi connectivity index (χ0) is 20.7. The van der Waals surface area contributed by atoms with E-state index in [0.29, 0.717) is 24.4 Å². The van der Waals surface area contributed by atoms with Crippen LogP contribution in [0.3, 0.4) is 0 Å². The molecular formula is C25H26O4. The van der Waals surface area contributed by atoms with Crippen molar-refractivity contribution in [3.05, 3.63) is 95.6 Å². The summed E-state index contributed by atoms with van der Waals surface area (Å²) in [6.45, 7) is 4.29. The second-order valence-corrected chi connectivity index (χ2v) is 6.79. The predicted molar refractivity (Wildman–Crippen MR) is 113 cm³/mol. The number of rotatable bonds is 9. The van der Waals surface area contributed by atoms with Crippen molar-refractivity contribution in [2.45, 2.75) is 26.1 Å². The molecule has 0 spiro atoms. The first-order valence-electron chi connectivity index (χ1n) is 9.95. The van der Waals surface area contributed by atoms with E-state index in [-0.39, 0.29) is 18.0 Å². The second kappa shape index (κ2) is 9.59. The van der Waals surface area contributed by atoms with Crippen molar-refractivity contribution in [3.8, 4) is 0 Å². The highest BCUT2D eigenvalue weighted by atomic mass is 16.7. The summed E-state index contributed by atoms with van der Waals surface area (Å²) in [6, 6.07) is 18.6. The van der Waals surface area contributed by atoms with Crippen LogP contribution in [0.4, 0.5) is 0 Å². The zero-order valence-electron chi connectivity index (χ0n) is 16.8. The first-order chi connectivity index (χ1) is 14.1. The lowest BCUT2D eigenvalue weighted by atomic mass is 9.79. The van der Waals surface area contributed by atoms with Gasteiger partial charge in [-0.2, -0.15) is 0 Å². The summed E-state index contributed by atoms with van der Waals surface area (Å²) >= 11 is 0. The SMILES string of the molecule is CCOC1(OCC)C(C(=O)Cc2ccccc2)=CC=CC1C(=O)c1ccccc1. The summed E-state index contributed by atoms with van der Waals surface area (Å²) in [6.07, 6.45) is 5.44. The van der Waals surface area contributed by atoms with Gasteiger partial charge < -0.3 is 9.47 Å². The standard InChI is InChI=1S/C25H26O4/c1-3-28-25(29-4-2)21(23(26)18-19-12-7-5-8-13-19)16-11-17-22(25)24(27)20-14-9-6-10-15-20/h5-17,22H,3-4,18H2,1-2H3. The smallest absolute Gasteiger partial charge is 0.212 e. The maximum Gasteiger partial charge on any atom is 0.212 e. The molecule has 1 unspecified atom stereocenters. The van der Waals surface area contributed by atoms with E-state index < -0.39 is 11.7 Å². The molecule has 4 nitrogen and oxygen atoms in total. The van der Waals surface area contributed by atoms with Gasteiger partial charge in [-0.25, -0.2) is 0 Å². The summed E-state index contributed by atoms with van der Waals surface area (Å²) in [5.41, 5.74) is 1.84. The molecule has 0 aliphatic heterocycles. The molecule has 0 N–H and O–H groups in total. The maximum absolute atomic E-state index is 13.3. The van der Waals surface area contributed by atoms with Gasteiger partial charge in [0.05, 0.1) is 11.5 Å². The summed E-state index contributed by atoms with van der Waals surface area (Å²) in [5, 5.41) is 0. The highest BCUT2D eigenvalue weighted by Crippen LogP contribution is 2.39. The van der Waals surface area contributed by atoms with E-state index in [4.69, 9.17) is 9.47 Å². The third-order valence-corrected chi connectivity index (χ3v) is 4.92. The van der Waals surface area contributed by atoms with Gasteiger partial charge in [0.15, 0.2) is 11.6 Å². The highest BCUT2D eigenvalue weighted by molar-refractivity contribution is 6.04. The molecule has 0 amide bonds. The van der Waals surface area contributed by atoms with Gasteiger partial charge in [0.25, 0.3) is 0 Å². The van der Waals surface area contributed by atoms with Crippen LogP contribution < -0.4 is 0 Å². The number of ether oxygens (including phenoxy) is 2. The first kappa shape index (κ1) is 20.9. The molecule has 1 atom stereocenters. The van der Waals surface area contributed by atoms with E-state index in [2.05, 4.69) is 0 Å². The van der Waals surface area contributed by atoms with Gasteiger partial charge in [-0.3, -0.25) is 9.59 Å². The minimum atomic E-state index is -1.43. The Balaban J connectivity index is 2.00. The van der Waals surface area contributed by atoms with E-state index >= 15 is 0 Å². The van der Waals surface area contributed by atoms with Crippen LogP contribution >= 0.6 is 0 Å². The quantitative estimate of drug-likeness (QED) is 0.465. The summed E-state index contributed by atoms with van der Waals surface area (Å²) < 4.78 is 12.1. The second-order valence-electron chi connectivity index (χ2n) is 6.79. The van der Waals surface area contributed by atoms with Gasteiger partial charge in [-0.15, -0.1) is 0 Å². The lowest BCUT2D eigenvalue weighted by Crippen LogP contribution is -2.51. The molecule has 1 aliphatic carbocycles. The maximum atomic E-state index is 13.3. The van der Waals surface area contributed by atoms with Crippen LogP contribution in [0, 0.1) is 5.92 Å². The fraction of sp³-hybridized carbons (Fsp3) is 0.280. The molecule has 150 valence electrons. The molecule has 2 aromatic rings. The number of hydrogen-bond donors (Lipinski definition) is 0. The molecule has 0 aromatic heterocycles. The van der Waals surface area contributed by atoms with Crippen molar-refractivity contribution in [1.29, 1.82) is 0 Å². The van der Waals surface area contributed by atoms with Crippen molar-refractivity contribution in [2.24, 2.45) is 5.92 Å². The minimum Gasteiger partial charge on any atom is -0.345 e. The van der Waals surface area contributed by atoms with Gasteiger partial charge in [0.2, 0.25) is 5.79 Å². The molecule has 3 rings (SSSR count). The highest BCUT2D eigenvalue weighted by Gasteiger charge is 2.50. The minimum absolute atomic E-state index is 0.117. The Labute approximate surface area is 171 Å². The number of carbonyl (C=O) groups excluding carboxylic acids is 2. The molecule has 0 saturated carbocycles. The molecule has 0 heterocycles. The Morgan fingerprint density at radius 1 is 0.897 bits per heavy atom. The molecule has 4 heteroatoms. The van der Waals surface area contributed by atoms with E-state index in [1.165, 1.54) is 0 Å². The Morgan fingerprint density at radius 3 is 2.07 bits per heavy atom. The normalized spacial score (nSPS) is 17.6. The van der Waals surface area contributed by atoms with Crippen molar-refractivity contribution in [1.82, 2.24) is 0 Å². The van der Waals surface area contributed by atoms with Gasteiger partial charge in [-0.05, 0) is 19.4 Å². The fourth-order valence-corrected chi connectivity index (χ4v) is 3.68. The average Bonchev–Trinajstić information content (AvgIpc) is 2.75. The molecule has 29 heavy (non-hydrogen) atoms.